The summed E-state index contributed by atoms with van der Waals surface area (Å²) in [6, 6.07) is 6.77. The molecule has 5 rings (SSSR count). The summed E-state index contributed by atoms with van der Waals surface area (Å²) >= 11 is 0. The highest BCUT2D eigenvalue weighted by atomic mass is 16.6. The van der Waals surface area contributed by atoms with Crippen LogP contribution in [0.25, 0.3) is 0 Å². The van der Waals surface area contributed by atoms with Crippen molar-refractivity contribution in [2.24, 2.45) is 23.2 Å². The van der Waals surface area contributed by atoms with Crippen molar-refractivity contribution in [3.8, 4) is 0 Å². The van der Waals surface area contributed by atoms with E-state index in [0.29, 0.717) is 11.8 Å². The fourth-order valence-corrected chi connectivity index (χ4v) is 6.85. The lowest BCUT2D eigenvalue weighted by Gasteiger charge is -2.50. The van der Waals surface area contributed by atoms with Crippen molar-refractivity contribution in [3.05, 3.63) is 41.5 Å². The van der Waals surface area contributed by atoms with Crippen molar-refractivity contribution in [2.75, 3.05) is 37.6 Å². The monoisotopic (exact) mass is 422 g/mol. The first kappa shape index (κ1) is 21.1. The number of hydrogen-bond acceptors (Lipinski definition) is 4. The first-order chi connectivity index (χ1) is 14.8. The minimum atomic E-state index is 0.0393. The van der Waals surface area contributed by atoms with E-state index in [1.165, 1.54) is 35.2 Å². The average molecular weight is 423 g/mol. The molecule has 4 nitrogen and oxygen atoms in total. The molecule has 1 aromatic rings. The molecule has 5 atom stereocenters. The first-order valence-corrected chi connectivity index (χ1v) is 12.3. The van der Waals surface area contributed by atoms with Crippen molar-refractivity contribution < 1.29 is 9.53 Å². The van der Waals surface area contributed by atoms with Crippen molar-refractivity contribution >= 4 is 11.7 Å². The van der Waals surface area contributed by atoms with Crippen molar-refractivity contribution in [1.82, 2.24) is 4.90 Å². The number of anilines is 1. The Hall–Kier alpha value is -1.81. The molecule has 168 valence electrons. The Balaban J connectivity index is 1.22. The van der Waals surface area contributed by atoms with Gasteiger partial charge in [-0.2, -0.15) is 0 Å². The number of ether oxygens (including phenoxy) is 1. The van der Waals surface area contributed by atoms with E-state index in [1.807, 2.05) is 0 Å². The molecule has 31 heavy (non-hydrogen) atoms. The molecule has 4 aliphatic rings. The van der Waals surface area contributed by atoms with Gasteiger partial charge in [0.15, 0.2) is 0 Å². The molecule has 0 radical (unpaired) electrons. The molecule has 2 aliphatic carbocycles. The number of allylic oxidation sites excluding steroid dienone is 1. The van der Waals surface area contributed by atoms with E-state index in [2.05, 4.69) is 55.3 Å². The zero-order valence-electron chi connectivity index (χ0n) is 19.5. The maximum absolute atomic E-state index is 12.9. The maximum Gasteiger partial charge on any atom is 0.310 e. The number of aryl methyl sites for hydroxylation is 2. The summed E-state index contributed by atoms with van der Waals surface area (Å²) in [7, 11) is 0. The number of nitrogens with zero attached hydrogens (tertiary/aromatic N) is 2. The van der Waals surface area contributed by atoms with E-state index >= 15 is 0 Å². The van der Waals surface area contributed by atoms with Gasteiger partial charge in [-0.15, -0.1) is 0 Å². The molecule has 0 spiro atoms. The summed E-state index contributed by atoms with van der Waals surface area (Å²) < 4.78 is 5.98. The van der Waals surface area contributed by atoms with Gasteiger partial charge in [-0.3, -0.25) is 9.69 Å². The second-order valence-corrected chi connectivity index (χ2v) is 11.0. The summed E-state index contributed by atoms with van der Waals surface area (Å²) in [5.74, 6) is 1.04. The number of benzene rings is 1. The molecule has 2 saturated carbocycles. The number of carbonyl (C=O) groups is 1. The molecule has 0 amide bonds. The number of fused-ring (bicyclic) bond motifs is 2. The Morgan fingerprint density at radius 1 is 1.16 bits per heavy atom. The third-order valence-electron chi connectivity index (χ3n) is 9.00. The Morgan fingerprint density at radius 3 is 2.68 bits per heavy atom. The van der Waals surface area contributed by atoms with Gasteiger partial charge in [-0.05, 0) is 80.5 Å². The van der Waals surface area contributed by atoms with Crippen molar-refractivity contribution in [3.63, 3.8) is 0 Å². The van der Waals surface area contributed by atoms with E-state index < -0.39 is 0 Å². The Kier molecular flexibility index (Phi) is 5.40. The van der Waals surface area contributed by atoms with Gasteiger partial charge >= 0.3 is 5.97 Å². The molecule has 0 unspecified atom stereocenters. The summed E-state index contributed by atoms with van der Waals surface area (Å²) in [6.07, 6.45) is 5.91. The predicted octanol–water partition coefficient (Wildman–Crippen LogP) is 4.74. The summed E-state index contributed by atoms with van der Waals surface area (Å²) in [5, 5.41) is 0. The zero-order chi connectivity index (χ0) is 21.8. The second-order valence-electron chi connectivity index (χ2n) is 11.0. The molecular formula is C27H38N2O2. The highest BCUT2D eigenvalue weighted by Crippen LogP contribution is 2.56. The van der Waals surface area contributed by atoms with Gasteiger partial charge in [0.25, 0.3) is 0 Å². The van der Waals surface area contributed by atoms with Crippen LogP contribution in [0.1, 0.15) is 50.2 Å². The fourth-order valence-electron chi connectivity index (χ4n) is 6.85. The third kappa shape index (κ3) is 3.82. The Morgan fingerprint density at radius 2 is 1.94 bits per heavy atom. The molecule has 2 saturated heterocycles. The number of carbonyl (C=O) groups excluding carboxylic acids is 1. The van der Waals surface area contributed by atoms with Gasteiger partial charge in [-0.1, -0.05) is 25.1 Å². The van der Waals surface area contributed by atoms with E-state index in [9.17, 15) is 4.79 Å². The van der Waals surface area contributed by atoms with E-state index in [-0.39, 0.29) is 23.4 Å². The minimum Gasteiger partial charge on any atom is -0.462 e. The average Bonchev–Trinajstić information content (AvgIpc) is 3.03. The molecule has 0 aromatic heterocycles. The van der Waals surface area contributed by atoms with Crippen LogP contribution in [0.5, 0.6) is 0 Å². The van der Waals surface area contributed by atoms with Gasteiger partial charge in [0.1, 0.15) is 6.10 Å². The topological polar surface area (TPSA) is 32.8 Å². The molecule has 4 heteroatoms. The highest BCUT2D eigenvalue weighted by molar-refractivity contribution is 5.75. The van der Waals surface area contributed by atoms with Gasteiger partial charge in [-0.25, -0.2) is 0 Å². The van der Waals surface area contributed by atoms with Gasteiger partial charge < -0.3 is 9.64 Å². The van der Waals surface area contributed by atoms with E-state index in [0.717, 1.165) is 52.0 Å². The van der Waals surface area contributed by atoms with Crippen LogP contribution in [0.2, 0.25) is 0 Å². The van der Waals surface area contributed by atoms with Crippen molar-refractivity contribution in [1.29, 1.82) is 0 Å². The fraction of sp³-hybridized carbons (Fsp3) is 0.667. The number of rotatable bonds is 3. The van der Waals surface area contributed by atoms with Crippen LogP contribution in [0.3, 0.4) is 0 Å². The number of piperazine rings is 1. The maximum atomic E-state index is 12.9. The predicted molar refractivity (Wildman–Crippen MR) is 125 cm³/mol. The normalized spacial score (nSPS) is 36.2. The molecule has 4 fully saturated rings. The molecule has 2 heterocycles. The first-order valence-electron chi connectivity index (χ1n) is 12.3. The number of esters is 1. The van der Waals surface area contributed by atoms with Crippen LogP contribution >= 0.6 is 0 Å². The Labute approximate surface area is 187 Å². The third-order valence-corrected chi connectivity index (χ3v) is 9.00. The van der Waals surface area contributed by atoms with Gasteiger partial charge in [0.05, 0.1) is 5.92 Å². The standard InChI is InChI=1S/C27H38N2O2/c1-18-7-8-21(14-20(18)3)29-12-10-28(11-13-29)17-23-22-15-24-19(2)6-5-9-27(24,4)16-25(22)31-26(23)30/h7-8,14,22-25H,2,5-6,9-13,15-17H2,1,3-4H3/t22-,23-,24+,25-,27-/m1/s1. The zero-order valence-corrected chi connectivity index (χ0v) is 19.5. The van der Waals surface area contributed by atoms with Crippen LogP contribution in [0.15, 0.2) is 30.4 Å². The van der Waals surface area contributed by atoms with Crippen LogP contribution < -0.4 is 4.90 Å². The molecular weight excluding hydrogens is 384 g/mol. The molecule has 1 aromatic carbocycles. The lowest BCUT2D eigenvalue weighted by Crippen LogP contribution is -2.50. The molecule has 0 N–H and O–H groups in total. The van der Waals surface area contributed by atoms with Crippen LogP contribution in [0, 0.1) is 37.0 Å². The van der Waals surface area contributed by atoms with Crippen LogP contribution in [0.4, 0.5) is 5.69 Å². The van der Waals surface area contributed by atoms with E-state index in [1.54, 1.807) is 0 Å². The molecule has 0 bridgehead atoms. The van der Waals surface area contributed by atoms with Crippen molar-refractivity contribution in [2.45, 2.75) is 59.0 Å². The van der Waals surface area contributed by atoms with E-state index in [4.69, 9.17) is 4.74 Å². The lowest BCUT2D eigenvalue weighted by molar-refractivity contribution is -0.146. The van der Waals surface area contributed by atoms with Gasteiger partial charge in [0.2, 0.25) is 0 Å². The second kappa shape index (κ2) is 7.95. The smallest absolute Gasteiger partial charge is 0.310 e. The van der Waals surface area contributed by atoms with Gasteiger partial charge in [0, 0.05) is 44.3 Å². The Bertz CT molecular complexity index is 872. The highest BCUT2D eigenvalue weighted by Gasteiger charge is 2.55. The molecule has 2 aliphatic heterocycles. The van der Waals surface area contributed by atoms with Crippen LogP contribution in [-0.2, 0) is 9.53 Å². The number of hydrogen-bond donors (Lipinski definition) is 0. The lowest BCUT2D eigenvalue weighted by atomic mass is 9.55. The largest absolute Gasteiger partial charge is 0.462 e. The SMILES string of the molecule is C=C1CCC[C@]2(C)C[C@H]3OC(=O)[C@H](CN4CCN(c5ccc(C)c(C)c5)CC4)[C@H]3C[C@@H]12. The quantitative estimate of drug-likeness (QED) is 0.520. The minimum absolute atomic E-state index is 0.0393. The summed E-state index contributed by atoms with van der Waals surface area (Å²) in [5.41, 5.74) is 5.73. The van der Waals surface area contributed by atoms with Crippen LogP contribution in [-0.4, -0.2) is 49.7 Å². The summed E-state index contributed by atoms with van der Waals surface area (Å²) in [6.45, 7) is 16.1. The summed E-state index contributed by atoms with van der Waals surface area (Å²) in [4.78, 5) is 17.9.